The first-order chi connectivity index (χ1) is 7.26. The summed E-state index contributed by atoms with van der Waals surface area (Å²) in [7, 11) is 1.70. The molecule has 0 aliphatic rings. The number of rotatable bonds is 6. The van der Waals surface area contributed by atoms with Crippen molar-refractivity contribution in [1.82, 2.24) is 4.98 Å². The van der Waals surface area contributed by atoms with Crippen LogP contribution in [-0.4, -0.2) is 31.3 Å². The van der Waals surface area contributed by atoms with Gasteiger partial charge in [-0.05, 0) is 26.0 Å². The van der Waals surface area contributed by atoms with Gasteiger partial charge in [0.05, 0.1) is 6.10 Å². The Morgan fingerprint density at radius 1 is 1.33 bits per heavy atom. The fourth-order valence-electron chi connectivity index (χ4n) is 1.14. The summed E-state index contributed by atoms with van der Waals surface area (Å²) < 4.78 is 5.14. The molecule has 0 aliphatic heterocycles. The van der Waals surface area contributed by atoms with E-state index in [1.165, 1.54) is 0 Å². The second-order valence-corrected chi connectivity index (χ2v) is 3.37. The van der Waals surface area contributed by atoms with Crippen LogP contribution in [0.15, 0.2) is 18.2 Å². The molecule has 4 heteroatoms. The number of methoxy groups -OCH3 is 1. The van der Waals surface area contributed by atoms with Gasteiger partial charge in [0.15, 0.2) is 0 Å². The van der Waals surface area contributed by atoms with Gasteiger partial charge >= 0.3 is 0 Å². The van der Waals surface area contributed by atoms with Crippen molar-refractivity contribution in [2.24, 2.45) is 0 Å². The van der Waals surface area contributed by atoms with Crippen LogP contribution in [0.25, 0.3) is 0 Å². The second-order valence-electron chi connectivity index (χ2n) is 3.37. The van der Waals surface area contributed by atoms with E-state index in [2.05, 4.69) is 22.5 Å². The highest BCUT2D eigenvalue weighted by Crippen LogP contribution is 2.08. The van der Waals surface area contributed by atoms with Crippen LogP contribution >= 0.6 is 0 Å². The predicted octanol–water partition coefficient (Wildman–Crippen LogP) is 1.96. The molecule has 0 saturated carbocycles. The normalized spacial score (nSPS) is 12.2. The molecule has 0 bridgehead atoms. The first-order valence-electron chi connectivity index (χ1n) is 5.23. The van der Waals surface area contributed by atoms with E-state index in [0.717, 1.165) is 24.7 Å². The van der Waals surface area contributed by atoms with Crippen LogP contribution < -0.4 is 10.6 Å². The SMILES string of the molecule is CCNc1cccc(NCC(C)OC)n1. The fraction of sp³-hybridized carbons (Fsp3) is 0.545. The molecule has 0 spiro atoms. The number of hydrogen-bond donors (Lipinski definition) is 2. The standard InChI is InChI=1S/C11H19N3O/c1-4-12-10-6-5-7-11(14-10)13-8-9(2)15-3/h5-7,9H,4,8H2,1-3H3,(H2,12,13,14). The molecule has 0 fully saturated rings. The maximum Gasteiger partial charge on any atom is 0.128 e. The maximum absolute atomic E-state index is 5.14. The minimum Gasteiger partial charge on any atom is -0.380 e. The zero-order valence-corrected chi connectivity index (χ0v) is 9.58. The molecule has 1 aromatic heterocycles. The largest absolute Gasteiger partial charge is 0.380 e. The molecule has 1 atom stereocenters. The Morgan fingerprint density at radius 3 is 2.60 bits per heavy atom. The number of ether oxygens (including phenoxy) is 1. The van der Waals surface area contributed by atoms with Crippen molar-refractivity contribution in [2.45, 2.75) is 20.0 Å². The number of nitrogens with zero attached hydrogens (tertiary/aromatic N) is 1. The minimum atomic E-state index is 0.189. The summed E-state index contributed by atoms with van der Waals surface area (Å²) in [5.74, 6) is 1.77. The number of aromatic nitrogens is 1. The van der Waals surface area contributed by atoms with Gasteiger partial charge in [0, 0.05) is 20.2 Å². The summed E-state index contributed by atoms with van der Waals surface area (Å²) in [5.41, 5.74) is 0. The summed E-state index contributed by atoms with van der Waals surface area (Å²) in [4.78, 5) is 4.39. The van der Waals surface area contributed by atoms with Gasteiger partial charge in [-0.15, -0.1) is 0 Å². The molecule has 15 heavy (non-hydrogen) atoms. The molecule has 4 nitrogen and oxygen atoms in total. The highest BCUT2D eigenvalue weighted by Gasteiger charge is 2.00. The number of pyridine rings is 1. The lowest BCUT2D eigenvalue weighted by Crippen LogP contribution is -2.18. The topological polar surface area (TPSA) is 46.2 Å². The first kappa shape index (κ1) is 11.8. The van der Waals surface area contributed by atoms with Crippen LogP contribution in [0.3, 0.4) is 0 Å². The van der Waals surface area contributed by atoms with E-state index in [1.54, 1.807) is 7.11 Å². The van der Waals surface area contributed by atoms with Crippen LogP contribution in [0.4, 0.5) is 11.6 Å². The average Bonchev–Trinajstić information content (AvgIpc) is 2.27. The lowest BCUT2D eigenvalue weighted by molar-refractivity contribution is 0.128. The zero-order valence-electron chi connectivity index (χ0n) is 9.58. The van der Waals surface area contributed by atoms with Gasteiger partial charge in [0.2, 0.25) is 0 Å². The molecular formula is C11H19N3O. The second kappa shape index (κ2) is 6.24. The molecule has 0 saturated heterocycles. The summed E-state index contributed by atoms with van der Waals surface area (Å²) in [6.07, 6.45) is 0.189. The Balaban J connectivity index is 2.50. The van der Waals surface area contributed by atoms with Crippen molar-refractivity contribution in [3.8, 4) is 0 Å². The Hall–Kier alpha value is -1.29. The fourth-order valence-corrected chi connectivity index (χ4v) is 1.14. The van der Waals surface area contributed by atoms with E-state index in [1.807, 2.05) is 25.1 Å². The Bertz CT molecular complexity index is 291. The molecule has 0 aliphatic carbocycles. The highest BCUT2D eigenvalue weighted by molar-refractivity contribution is 5.44. The van der Waals surface area contributed by atoms with Gasteiger partial charge < -0.3 is 15.4 Å². The molecular weight excluding hydrogens is 190 g/mol. The minimum absolute atomic E-state index is 0.189. The third kappa shape index (κ3) is 4.16. The van der Waals surface area contributed by atoms with E-state index in [0.29, 0.717) is 0 Å². The molecule has 1 heterocycles. The van der Waals surface area contributed by atoms with Crippen molar-refractivity contribution in [3.63, 3.8) is 0 Å². The van der Waals surface area contributed by atoms with Gasteiger partial charge in [0.1, 0.15) is 11.6 Å². The van der Waals surface area contributed by atoms with Crippen molar-refractivity contribution < 1.29 is 4.74 Å². The number of anilines is 2. The third-order valence-electron chi connectivity index (χ3n) is 2.08. The van der Waals surface area contributed by atoms with E-state index >= 15 is 0 Å². The number of hydrogen-bond acceptors (Lipinski definition) is 4. The van der Waals surface area contributed by atoms with Crippen LogP contribution in [0.5, 0.6) is 0 Å². The van der Waals surface area contributed by atoms with Gasteiger partial charge in [-0.25, -0.2) is 4.98 Å². The first-order valence-corrected chi connectivity index (χ1v) is 5.23. The smallest absolute Gasteiger partial charge is 0.128 e. The lowest BCUT2D eigenvalue weighted by atomic mass is 10.4. The third-order valence-corrected chi connectivity index (χ3v) is 2.08. The predicted molar refractivity (Wildman–Crippen MR) is 63.4 cm³/mol. The molecule has 0 radical (unpaired) electrons. The summed E-state index contributed by atoms with van der Waals surface area (Å²) in [6.45, 7) is 5.71. The monoisotopic (exact) mass is 209 g/mol. The van der Waals surface area contributed by atoms with Gasteiger partial charge in [-0.2, -0.15) is 0 Å². The molecule has 1 unspecified atom stereocenters. The van der Waals surface area contributed by atoms with Crippen LogP contribution in [0.2, 0.25) is 0 Å². The van der Waals surface area contributed by atoms with E-state index in [-0.39, 0.29) is 6.10 Å². The van der Waals surface area contributed by atoms with Gasteiger partial charge in [-0.1, -0.05) is 6.07 Å². The molecule has 1 rings (SSSR count). The zero-order chi connectivity index (χ0) is 11.1. The molecule has 0 aromatic carbocycles. The van der Waals surface area contributed by atoms with Crippen molar-refractivity contribution in [2.75, 3.05) is 30.8 Å². The van der Waals surface area contributed by atoms with E-state index < -0.39 is 0 Å². The van der Waals surface area contributed by atoms with Crippen molar-refractivity contribution >= 4 is 11.6 Å². The van der Waals surface area contributed by atoms with Crippen molar-refractivity contribution in [3.05, 3.63) is 18.2 Å². The Labute approximate surface area is 91.1 Å². The Kier molecular flexibility index (Phi) is 4.90. The molecule has 1 aromatic rings. The van der Waals surface area contributed by atoms with Gasteiger partial charge in [0.25, 0.3) is 0 Å². The summed E-state index contributed by atoms with van der Waals surface area (Å²) >= 11 is 0. The van der Waals surface area contributed by atoms with Crippen LogP contribution in [0, 0.1) is 0 Å². The van der Waals surface area contributed by atoms with E-state index in [9.17, 15) is 0 Å². The van der Waals surface area contributed by atoms with Crippen LogP contribution in [-0.2, 0) is 4.74 Å². The van der Waals surface area contributed by atoms with Gasteiger partial charge in [-0.3, -0.25) is 0 Å². The average molecular weight is 209 g/mol. The summed E-state index contributed by atoms with van der Waals surface area (Å²) in [6, 6.07) is 5.88. The molecule has 0 amide bonds. The maximum atomic E-state index is 5.14. The summed E-state index contributed by atoms with van der Waals surface area (Å²) in [5, 5.41) is 6.39. The van der Waals surface area contributed by atoms with E-state index in [4.69, 9.17) is 4.74 Å². The Morgan fingerprint density at radius 2 is 2.00 bits per heavy atom. The van der Waals surface area contributed by atoms with Crippen molar-refractivity contribution in [1.29, 1.82) is 0 Å². The lowest BCUT2D eigenvalue weighted by Gasteiger charge is -2.12. The molecule has 84 valence electrons. The molecule has 2 N–H and O–H groups in total. The number of nitrogens with one attached hydrogen (secondary N) is 2. The highest BCUT2D eigenvalue weighted by atomic mass is 16.5. The quantitative estimate of drug-likeness (QED) is 0.752. The van der Waals surface area contributed by atoms with Crippen LogP contribution in [0.1, 0.15) is 13.8 Å².